The smallest absolute Gasteiger partial charge is 0.192 e. The van der Waals surface area contributed by atoms with Crippen LogP contribution >= 0.6 is 0 Å². The third-order valence-electron chi connectivity index (χ3n) is 7.48. The highest BCUT2D eigenvalue weighted by atomic mass is 28.3. The van der Waals surface area contributed by atoms with E-state index in [-0.39, 0.29) is 24.8 Å². The molecule has 1 aromatic carbocycles. The number of rotatable bonds is 7. The highest BCUT2D eigenvalue weighted by molar-refractivity contribution is 6.76. The standard InChI is InChI=1S/C25H38F2N4O3Si/c1-35(2,3)14-13-32-17-30-11-8-18-20(30)15-19(26)23(22(18)27)34-25-9-5-4-7-21(25)33-12-6-10-31-24(25)28-16-29-31/h8,11,15,21,24,28-29H,4-7,9-10,12-14,16-17H2,1-3H3. The van der Waals surface area contributed by atoms with Crippen LogP contribution in [0.3, 0.4) is 0 Å². The second-order valence-electron chi connectivity index (χ2n) is 11.2. The first kappa shape index (κ1) is 25.1. The van der Waals surface area contributed by atoms with Crippen LogP contribution in [-0.4, -0.2) is 61.9 Å². The highest BCUT2D eigenvalue weighted by Gasteiger charge is 2.55. The van der Waals surface area contributed by atoms with Gasteiger partial charge in [0.25, 0.3) is 0 Å². The zero-order chi connectivity index (χ0) is 24.6. The molecule has 0 bridgehead atoms. The molecule has 1 aliphatic carbocycles. The molecule has 2 saturated heterocycles. The molecular weight excluding hydrogens is 470 g/mol. The molecule has 0 spiro atoms. The Kier molecular flexibility index (Phi) is 7.22. The van der Waals surface area contributed by atoms with Gasteiger partial charge in [-0.05, 0) is 37.8 Å². The molecule has 1 saturated carbocycles. The van der Waals surface area contributed by atoms with Crippen molar-refractivity contribution >= 4 is 19.0 Å². The molecule has 2 N–H and O–H groups in total. The van der Waals surface area contributed by atoms with Gasteiger partial charge in [0, 0.05) is 45.5 Å². The first-order chi connectivity index (χ1) is 16.8. The molecule has 3 heterocycles. The fraction of sp³-hybridized carbons (Fsp3) is 0.680. The first-order valence-corrected chi connectivity index (χ1v) is 16.6. The Labute approximate surface area is 207 Å². The number of hydrazine groups is 1. The van der Waals surface area contributed by atoms with Crippen LogP contribution in [0.15, 0.2) is 18.3 Å². The Bertz CT molecular complexity index is 1050. The number of fused-ring (bicyclic) bond motifs is 4. The number of hydrogen-bond acceptors (Lipinski definition) is 6. The Hall–Kier alpha value is -1.56. The minimum Gasteiger partial charge on any atom is -0.475 e. The zero-order valence-electron chi connectivity index (χ0n) is 21.0. The Balaban J connectivity index is 1.44. The molecule has 194 valence electrons. The maximum Gasteiger partial charge on any atom is 0.192 e. The van der Waals surface area contributed by atoms with Gasteiger partial charge in [-0.1, -0.05) is 26.1 Å². The van der Waals surface area contributed by atoms with Gasteiger partial charge in [0.2, 0.25) is 0 Å². The lowest BCUT2D eigenvalue weighted by Crippen LogP contribution is -2.67. The first-order valence-electron chi connectivity index (χ1n) is 12.9. The topological polar surface area (TPSA) is 59.9 Å². The fourth-order valence-corrected chi connectivity index (χ4v) is 6.33. The summed E-state index contributed by atoms with van der Waals surface area (Å²) in [6, 6.07) is 4.08. The van der Waals surface area contributed by atoms with E-state index >= 15 is 8.78 Å². The molecule has 3 fully saturated rings. The van der Waals surface area contributed by atoms with Crippen LogP contribution in [0.1, 0.15) is 32.1 Å². The molecule has 3 unspecified atom stereocenters. The van der Waals surface area contributed by atoms with Gasteiger partial charge in [-0.25, -0.2) is 19.2 Å². The van der Waals surface area contributed by atoms with Gasteiger partial charge >= 0.3 is 0 Å². The lowest BCUT2D eigenvalue weighted by atomic mass is 9.78. The van der Waals surface area contributed by atoms with E-state index in [1.165, 1.54) is 6.07 Å². The van der Waals surface area contributed by atoms with Crippen molar-refractivity contribution in [3.05, 3.63) is 30.0 Å². The van der Waals surface area contributed by atoms with Crippen LogP contribution in [0.2, 0.25) is 25.7 Å². The summed E-state index contributed by atoms with van der Waals surface area (Å²) in [5.74, 6) is -1.69. The van der Waals surface area contributed by atoms with E-state index in [4.69, 9.17) is 14.2 Å². The van der Waals surface area contributed by atoms with Crippen molar-refractivity contribution in [2.45, 2.75) is 82.4 Å². The van der Waals surface area contributed by atoms with Crippen molar-refractivity contribution in [1.29, 1.82) is 0 Å². The molecular formula is C25H38F2N4O3Si. The van der Waals surface area contributed by atoms with Crippen LogP contribution in [0.25, 0.3) is 10.9 Å². The van der Waals surface area contributed by atoms with Crippen LogP contribution in [0.5, 0.6) is 5.75 Å². The quantitative estimate of drug-likeness (QED) is 0.427. The van der Waals surface area contributed by atoms with Gasteiger partial charge in [0.1, 0.15) is 19.0 Å². The molecule has 2 aliphatic heterocycles. The van der Waals surface area contributed by atoms with Crippen LogP contribution in [-0.2, 0) is 16.2 Å². The van der Waals surface area contributed by atoms with Crippen molar-refractivity contribution in [2.24, 2.45) is 0 Å². The molecule has 7 nitrogen and oxygen atoms in total. The van der Waals surface area contributed by atoms with E-state index in [0.717, 1.165) is 38.3 Å². The van der Waals surface area contributed by atoms with Crippen molar-refractivity contribution in [3.63, 3.8) is 0 Å². The van der Waals surface area contributed by atoms with Gasteiger partial charge in [-0.2, -0.15) is 0 Å². The lowest BCUT2D eigenvalue weighted by molar-refractivity contribution is -0.169. The van der Waals surface area contributed by atoms with E-state index in [2.05, 4.69) is 35.4 Å². The Morgan fingerprint density at radius 3 is 2.91 bits per heavy atom. The van der Waals surface area contributed by atoms with Crippen molar-refractivity contribution < 1.29 is 23.0 Å². The summed E-state index contributed by atoms with van der Waals surface area (Å²) in [6.45, 7) is 9.76. The highest BCUT2D eigenvalue weighted by Crippen LogP contribution is 2.42. The van der Waals surface area contributed by atoms with E-state index in [1.54, 1.807) is 16.8 Å². The molecule has 35 heavy (non-hydrogen) atoms. The van der Waals surface area contributed by atoms with Crippen LogP contribution < -0.4 is 15.5 Å². The van der Waals surface area contributed by atoms with Gasteiger partial charge < -0.3 is 18.8 Å². The van der Waals surface area contributed by atoms with Crippen LogP contribution in [0, 0.1) is 11.6 Å². The molecule has 1 aromatic heterocycles. The van der Waals surface area contributed by atoms with Crippen LogP contribution in [0.4, 0.5) is 8.78 Å². The Morgan fingerprint density at radius 1 is 1.23 bits per heavy atom. The van der Waals surface area contributed by atoms with E-state index in [9.17, 15) is 0 Å². The maximum absolute atomic E-state index is 15.8. The van der Waals surface area contributed by atoms with E-state index in [1.807, 2.05) is 0 Å². The predicted molar refractivity (Wildman–Crippen MR) is 134 cm³/mol. The van der Waals surface area contributed by atoms with E-state index in [0.29, 0.717) is 37.2 Å². The maximum atomic E-state index is 15.8. The van der Waals surface area contributed by atoms with E-state index < -0.39 is 25.3 Å². The summed E-state index contributed by atoms with van der Waals surface area (Å²) < 4.78 is 51.6. The summed E-state index contributed by atoms with van der Waals surface area (Å²) >= 11 is 0. The molecule has 5 rings (SSSR count). The number of aromatic nitrogens is 1. The number of nitrogens with one attached hydrogen (secondary N) is 2. The summed E-state index contributed by atoms with van der Waals surface area (Å²) in [4.78, 5) is 0. The second-order valence-corrected chi connectivity index (χ2v) is 16.8. The molecule has 0 radical (unpaired) electrons. The van der Waals surface area contributed by atoms with Gasteiger partial charge in [-0.15, -0.1) is 0 Å². The van der Waals surface area contributed by atoms with Gasteiger partial charge in [0.05, 0.1) is 12.2 Å². The van der Waals surface area contributed by atoms with Crippen molar-refractivity contribution in [3.8, 4) is 5.75 Å². The fourth-order valence-electron chi connectivity index (χ4n) is 5.58. The predicted octanol–water partition coefficient (Wildman–Crippen LogP) is 4.41. The second kappa shape index (κ2) is 10.1. The SMILES string of the molecule is C[Si](C)(C)CCOCn1ccc2c(F)c(OC34CCCCC3OCCCN3NCNC34)c(F)cc21. The normalized spacial score (nSPS) is 27.9. The zero-order valence-corrected chi connectivity index (χ0v) is 22.0. The van der Waals surface area contributed by atoms with Crippen molar-refractivity contribution in [2.75, 3.05) is 26.4 Å². The molecule has 2 aromatic rings. The lowest BCUT2D eigenvalue weighted by Gasteiger charge is -2.50. The minimum absolute atomic E-state index is 0.230. The van der Waals surface area contributed by atoms with Crippen molar-refractivity contribution in [1.82, 2.24) is 20.3 Å². The third kappa shape index (κ3) is 5.01. The van der Waals surface area contributed by atoms with Gasteiger partial charge in [0.15, 0.2) is 23.0 Å². The average Bonchev–Trinajstić information content (AvgIpc) is 3.43. The molecule has 0 amide bonds. The number of nitrogens with zero attached hydrogens (tertiary/aromatic N) is 2. The van der Waals surface area contributed by atoms with Gasteiger partial charge in [-0.3, -0.25) is 5.32 Å². The monoisotopic (exact) mass is 508 g/mol. The molecule has 3 atom stereocenters. The number of halogens is 2. The molecule has 3 aliphatic rings. The summed E-state index contributed by atoms with van der Waals surface area (Å²) in [6.07, 6.45) is 5.57. The Morgan fingerprint density at radius 2 is 2.09 bits per heavy atom. The number of hydrogen-bond donors (Lipinski definition) is 2. The summed E-state index contributed by atoms with van der Waals surface area (Å²) in [5, 5.41) is 5.90. The summed E-state index contributed by atoms with van der Waals surface area (Å²) in [7, 11) is -1.21. The minimum atomic E-state index is -1.21. The average molecular weight is 509 g/mol. The number of ether oxygens (including phenoxy) is 3. The largest absolute Gasteiger partial charge is 0.475 e. The molecule has 10 heteroatoms. The third-order valence-corrected chi connectivity index (χ3v) is 9.19. The summed E-state index contributed by atoms with van der Waals surface area (Å²) in [5.41, 5.74) is 2.93. The number of benzene rings is 1.